The Bertz CT molecular complexity index is 811. The van der Waals surface area contributed by atoms with Crippen molar-refractivity contribution in [1.29, 1.82) is 0 Å². The molecular weight excluding hydrogens is 306 g/mol. The van der Waals surface area contributed by atoms with Crippen molar-refractivity contribution in [3.63, 3.8) is 0 Å². The number of aromatic nitrogens is 2. The number of aliphatic hydroxyl groups is 1. The molecule has 2 heterocycles. The zero-order valence-electron chi connectivity index (χ0n) is 13.3. The van der Waals surface area contributed by atoms with Crippen LogP contribution in [-0.4, -0.2) is 33.0 Å². The molecule has 6 nitrogen and oxygen atoms in total. The van der Waals surface area contributed by atoms with Gasteiger partial charge < -0.3 is 19.6 Å². The monoisotopic (exact) mass is 325 g/mol. The minimum atomic E-state index is -0.292. The van der Waals surface area contributed by atoms with Crippen LogP contribution in [0, 0.1) is 0 Å². The van der Waals surface area contributed by atoms with Crippen molar-refractivity contribution in [2.24, 2.45) is 0 Å². The second-order valence-electron chi connectivity index (χ2n) is 5.57. The molecule has 0 bridgehead atoms. The number of hydrogen-bond donors (Lipinski definition) is 2. The maximum atomic E-state index is 12.1. The molecule has 124 valence electrons. The number of aliphatic hydroxyl groups excluding tert-OH is 1. The third-order valence-corrected chi connectivity index (χ3v) is 3.55. The number of ether oxygens (including phenoxy) is 1. The SMILES string of the molecule is CC(CO)NC(=O)c1cccc(OCc2cn3ccccc3n2)c1. The van der Waals surface area contributed by atoms with E-state index in [1.165, 1.54) is 0 Å². The van der Waals surface area contributed by atoms with Crippen LogP contribution >= 0.6 is 0 Å². The Morgan fingerprint density at radius 1 is 1.33 bits per heavy atom. The van der Waals surface area contributed by atoms with Gasteiger partial charge in [-0.25, -0.2) is 4.98 Å². The summed E-state index contributed by atoms with van der Waals surface area (Å²) in [7, 11) is 0. The Balaban J connectivity index is 1.67. The van der Waals surface area contributed by atoms with E-state index in [0.717, 1.165) is 11.3 Å². The summed E-state index contributed by atoms with van der Waals surface area (Å²) < 4.78 is 7.67. The maximum absolute atomic E-state index is 12.1. The quantitative estimate of drug-likeness (QED) is 0.727. The van der Waals surface area contributed by atoms with Crippen LogP contribution in [0.25, 0.3) is 5.65 Å². The number of pyridine rings is 1. The summed E-state index contributed by atoms with van der Waals surface area (Å²) in [5, 5.41) is 11.7. The van der Waals surface area contributed by atoms with Gasteiger partial charge in [-0.1, -0.05) is 12.1 Å². The lowest BCUT2D eigenvalue weighted by Crippen LogP contribution is -2.34. The number of fused-ring (bicyclic) bond motifs is 1. The van der Waals surface area contributed by atoms with Crippen LogP contribution in [0.4, 0.5) is 0 Å². The number of benzene rings is 1. The van der Waals surface area contributed by atoms with Crippen molar-refractivity contribution in [2.75, 3.05) is 6.61 Å². The van der Waals surface area contributed by atoms with Crippen molar-refractivity contribution in [2.45, 2.75) is 19.6 Å². The summed E-state index contributed by atoms with van der Waals surface area (Å²) in [4.78, 5) is 16.5. The van der Waals surface area contributed by atoms with E-state index >= 15 is 0 Å². The van der Waals surface area contributed by atoms with E-state index in [4.69, 9.17) is 9.84 Å². The zero-order chi connectivity index (χ0) is 16.9. The Kier molecular flexibility index (Phi) is 4.77. The highest BCUT2D eigenvalue weighted by atomic mass is 16.5. The number of carbonyl (C=O) groups is 1. The highest BCUT2D eigenvalue weighted by molar-refractivity contribution is 5.94. The molecule has 0 aliphatic carbocycles. The Morgan fingerprint density at radius 2 is 2.21 bits per heavy atom. The number of amides is 1. The first kappa shape index (κ1) is 16.0. The third-order valence-electron chi connectivity index (χ3n) is 3.55. The van der Waals surface area contributed by atoms with Gasteiger partial charge in [-0.2, -0.15) is 0 Å². The smallest absolute Gasteiger partial charge is 0.251 e. The van der Waals surface area contributed by atoms with Crippen LogP contribution in [0.15, 0.2) is 54.9 Å². The van der Waals surface area contributed by atoms with E-state index in [1.54, 1.807) is 31.2 Å². The summed E-state index contributed by atoms with van der Waals surface area (Å²) >= 11 is 0. The topological polar surface area (TPSA) is 75.9 Å². The van der Waals surface area contributed by atoms with Gasteiger partial charge in [-0.05, 0) is 37.3 Å². The largest absolute Gasteiger partial charge is 0.487 e. The summed E-state index contributed by atoms with van der Waals surface area (Å²) in [6.45, 7) is 1.96. The average Bonchev–Trinajstić information content (AvgIpc) is 3.03. The fraction of sp³-hybridized carbons (Fsp3) is 0.222. The number of imidazole rings is 1. The first-order chi connectivity index (χ1) is 11.7. The molecule has 1 amide bonds. The molecule has 0 fully saturated rings. The van der Waals surface area contributed by atoms with Gasteiger partial charge in [0.05, 0.1) is 12.3 Å². The summed E-state index contributed by atoms with van der Waals surface area (Å²) in [6, 6.07) is 12.4. The first-order valence-electron chi connectivity index (χ1n) is 7.73. The van der Waals surface area contributed by atoms with Crippen molar-refractivity contribution in [3.8, 4) is 5.75 Å². The van der Waals surface area contributed by atoms with Gasteiger partial charge >= 0.3 is 0 Å². The number of carbonyl (C=O) groups excluding carboxylic acids is 1. The molecule has 0 saturated heterocycles. The minimum Gasteiger partial charge on any atom is -0.487 e. The van der Waals surface area contributed by atoms with Crippen LogP contribution < -0.4 is 10.1 Å². The Labute approximate surface area is 139 Å². The van der Waals surface area contributed by atoms with Gasteiger partial charge in [0.25, 0.3) is 5.91 Å². The highest BCUT2D eigenvalue weighted by Crippen LogP contribution is 2.15. The lowest BCUT2D eigenvalue weighted by molar-refractivity contribution is 0.0922. The van der Waals surface area contributed by atoms with Crippen molar-refractivity contribution in [3.05, 3.63) is 66.1 Å². The average molecular weight is 325 g/mol. The maximum Gasteiger partial charge on any atom is 0.251 e. The second-order valence-corrected chi connectivity index (χ2v) is 5.57. The van der Waals surface area contributed by atoms with Crippen LogP contribution in [0.5, 0.6) is 5.75 Å². The van der Waals surface area contributed by atoms with E-state index in [2.05, 4.69) is 10.3 Å². The molecule has 0 spiro atoms. The fourth-order valence-electron chi connectivity index (χ4n) is 2.29. The fourth-order valence-corrected chi connectivity index (χ4v) is 2.29. The van der Waals surface area contributed by atoms with Gasteiger partial charge in [0, 0.05) is 24.0 Å². The van der Waals surface area contributed by atoms with Gasteiger partial charge in [0.1, 0.15) is 18.0 Å². The molecule has 0 saturated carbocycles. The number of hydrogen-bond acceptors (Lipinski definition) is 4. The normalized spacial score (nSPS) is 12.1. The van der Waals surface area contributed by atoms with Crippen LogP contribution in [0.1, 0.15) is 23.0 Å². The predicted octanol–water partition coefficient (Wildman–Crippen LogP) is 2.02. The molecule has 1 aromatic carbocycles. The molecule has 6 heteroatoms. The van der Waals surface area contributed by atoms with E-state index < -0.39 is 0 Å². The van der Waals surface area contributed by atoms with E-state index in [0.29, 0.717) is 17.9 Å². The van der Waals surface area contributed by atoms with Crippen molar-refractivity contribution < 1.29 is 14.6 Å². The van der Waals surface area contributed by atoms with Gasteiger partial charge in [0.15, 0.2) is 0 Å². The van der Waals surface area contributed by atoms with E-state index in [-0.39, 0.29) is 18.6 Å². The molecule has 24 heavy (non-hydrogen) atoms. The lowest BCUT2D eigenvalue weighted by Gasteiger charge is -2.11. The van der Waals surface area contributed by atoms with Gasteiger partial charge in [-0.15, -0.1) is 0 Å². The lowest BCUT2D eigenvalue weighted by atomic mass is 10.2. The Morgan fingerprint density at radius 3 is 3.00 bits per heavy atom. The standard InChI is InChI=1S/C18H19N3O3/c1-13(11-22)19-18(23)14-5-4-6-16(9-14)24-12-15-10-21-8-3-2-7-17(21)20-15/h2-10,13,22H,11-12H2,1H3,(H,19,23). The Hall–Kier alpha value is -2.86. The summed E-state index contributed by atoms with van der Waals surface area (Å²) in [6.07, 6.45) is 3.84. The second kappa shape index (κ2) is 7.14. The molecule has 3 aromatic rings. The molecule has 1 unspecified atom stereocenters. The van der Waals surface area contributed by atoms with Crippen molar-refractivity contribution >= 4 is 11.6 Å². The van der Waals surface area contributed by atoms with Gasteiger partial charge in [-0.3, -0.25) is 4.79 Å². The molecule has 3 rings (SSSR count). The molecule has 2 aromatic heterocycles. The summed E-state index contributed by atoms with van der Waals surface area (Å²) in [5.41, 5.74) is 2.16. The summed E-state index contributed by atoms with van der Waals surface area (Å²) in [5.74, 6) is 0.353. The van der Waals surface area contributed by atoms with Crippen molar-refractivity contribution in [1.82, 2.24) is 14.7 Å². The highest BCUT2D eigenvalue weighted by Gasteiger charge is 2.10. The first-order valence-corrected chi connectivity index (χ1v) is 7.73. The van der Waals surface area contributed by atoms with E-state index in [9.17, 15) is 4.79 Å². The van der Waals surface area contributed by atoms with Crippen LogP contribution in [0.2, 0.25) is 0 Å². The molecule has 0 aliphatic rings. The molecule has 0 aliphatic heterocycles. The minimum absolute atomic E-state index is 0.101. The molecular formula is C18H19N3O3. The number of nitrogens with one attached hydrogen (secondary N) is 1. The third kappa shape index (κ3) is 3.72. The number of nitrogens with zero attached hydrogens (tertiary/aromatic N) is 2. The van der Waals surface area contributed by atoms with E-state index in [1.807, 2.05) is 35.0 Å². The zero-order valence-corrected chi connectivity index (χ0v) is 13.3. The van der Waals surface area contributed by atoms with Crippen LogP contribution in [0.3, 0.4) is 0 Å². The molecule has 1 atom stereocenters. The molecule has 2 N–H and O–H groups in total. The molecule has 0 radical (unpaired) electrons. The number of rotatable bonds is 6. The van der Waals surface area contributed by atoms with Gasteiger partial charge in [0.2, 0.25) is 0 Å². The predicted molar refractivity (Wildman–Crippen MR) is 90.0 cm³/mol. The van der Waals surface area contributed by atoms with Crippen LogP contribution in [-0.2, 0) is 6.61 Å².